The van der Waals surface area contributed by atoms with Gasteiger partial charge in [0.05, 0.1) is 24.6 Å². The number of anilines is 1. The van der Waals surface area contributed by atoms with Crippen molar-refractivity contribution in [3.05, 3.63) is 18.5 Å². The summed E-state index contributed by atoms with van der Waals surface area (Å²) in [6.07, 6.45) is 3.49. The number of ether oxygens (including phenoxy) is 1. The van der Waals surface area contributed by atoms with Crippen LogP contribution in [0, 0.1) is 0 Å². The molecule has 130 valence electrons. The van der Waals surface area contributed by atoms with Crippen LogP contribution in [0.3, 0.4) is 0 Å². The van der Waals surface area contributed by atoms with Gasteiger partial charge in [-0.1, -0.05) is 0 Å². The van der Waals surface area contributed by atoms with Gasteiger partial charge in [0, 0.05) is 24.6 Å². The molecule has 7 nitrogen and oxygen atoms in total. The van der Waals surface area contributed by atoms with Crippen molar-refractivity contribution in [3.63, 3.8) is 0 Å². The normalized spacial score (nSPS) is 18.8. The fourth-order valence-corrected chi connectivity index (χ4v) is 2.76. The Morgan fingerprint density at radius 2 is 2.33 bits per heavy atom. The molecule has 0 aliphatic carbocycles. The zero-order chi connectivity index (χ0) is 17.1. The molecule has 1 saturated heterocycles. The van der Waals surface area contributed by atoms with Crippen molar-refractivity contribution in [1.29, 1.82) is 0 Å². The van der Waals surface area contributed by atoms with Crippen molar-refractivity contribution in [2.45, 2.75) is 32.4 Å². The van der Waals surface area contributed by atoms with Gasteiger partial charge in [-0.05, 0) is 26.3 Å². The topological polar surface area (TPSA) is 72.3 Å². The third kappa shape index (κ3) is 3.48. The van der Waals surface area contributed by atoms with Gasteiger partial charge in [-0.15, -0.1) is 0 Å². The molecule has 2 aromatic heterocycles. The molecule has 1 aliphatic heterocycles. The van der Waals surface area contributed by atoms with Crippen LogP contribution in [0.2, 0.25) is 0 Å². The third-order valence-corrected chi connectivity index (χ3v) is 3.98. The van der Waals surface area contributed by atoms with Crippen LogP contribution in [0.5, 0.6) is 0 Å². The standard InChI is InChI=1S/C16H22FN5O2/c1-11(2)22-15-12(8-19-22)6-13(9-18-15)20-16(23)21-4-3-5-24-14(7-17)10-21/h6,8-9,11,14H,3-5,7,10H2,1-2H3,(H,20,23). The van der Waals surface area contributed by atoms with Gasteiger partial charge in [-0.25, -0.2) is 18.9 Å². The molecule has 1 aliphatic rings. The van der Waals surface area contributed by atoms with Gasteiger partial charge in [-0.2, -0.15) is 5.10 Å². The average molecular weight is 335 g/mol. The van der Waals surface area contributed by atoms with Gasteiger partial charge < -0.3 is 15.0 Å². The number of nitrogens with one attached hydrogen (secondary N) is 1. The Balaban J connectivity index is 1.73. The van der Waals surface area contributed by atoms with Crippen molar-refractivity contribution in [2.24, 2.45) is 0 Å². The van der Waals surface area contributed by atoms with Gasteiger partial charge in [0.2, 0.25) is 0 Å². The maximum atomic E-state index is 12.9. The lowest BCUT2D eigenvalue weighted by molar-refractivity contribution is 0.0409. The number of carbonyl (C=O) groups excluding carboxylic acids is 1. The summed E-state index contributed by atoms with van der Waals surface area (Å²) in [6.45, 7) is 4.75. The van der Waals surface area contributed by atoms with Gasteiger partial charge in [-0.3, -0.25) is 0 Å². The SMILES string of the molecule is CC(C)n1ncc2cc(NC(=O)N3CCCOC(CF)C3)cnc21. The summed E-state index contributed by atoms with van der Waals surface area (Å²) in [7, 11) is 0. The quantitative estimate of drug-likeness (QED) is 0.936. The van der Waals surface area contributed by atoms with Crippen molar-refractivity contribution >= 4 is 22.8 Å². The third-order valence-electron chi connectivity index (χ3n) is 3.98. The summed E-state index contributed by atoms with van der Waals surface area (Å²) < 4.78 is 20.0. The second-order valence-electron chi connectivity index (χ2n) is 6.20. The summed E-state index contributed by atoms with van der Waals surface area (Å²) in [5.74, 6) is 0. The van der Waals surface area contributed by atoms with E-state index in [1.54, 1.807) is 17.3 Å². The molecule has 1 atom stereocenters. The number of carbonyl (C=O) groups is 1. The largest absolute Gasteiger partial charge is 0.374 e. The molecule has 1 N–H and O–H groups in total. The van der Waals surface area contributed by atoms with Gasteiger partial charge in [0.25, 0.3) is 0 Å². The highest BCUT2D eigenvalue weighted by Crippen LogP contribution is 2.19. The van der Waals surface area contributed by atoms with E-state index in [-0.39, 0.29) is 18.6 Å². The minimum atomic E-state index is -0.592. The minimum Gasteiger partial charge on any atom is -0.374 e. The number of hydrogen-bond donors (Lipinski definition) is 1. The lowest BCUT2D eigenvalue weighted by Crippen LogP contribution is -2.40. The zero-order valence-corrected chi connectivity index (χ0v) is 13.9. The minimum absolute atomic E-state index is 0.213. The lowest BCUT2D eigenvalue weighted by Gasteiger charge is -2.22. The Morgan fingerprint density at radius 1 is 1.50 bits per heavy atom. The molecular weight excluding hydrogens is 313 g/mol. The summed E-state index contributed by atoms with van der Waals surface area (Å²) in [5.41, 5.74) is 1.38. The van der Waals surface area contributed by atoms with Crippen LogP contribution in [0.1, 0.15) is 26.3 Å². The maximum absolute atomic E-state index is 12.9. The smallest absolute Gasteiger partial charge is 0.321 e. The predicted octanol–water partition coefficient (Wildman–Crippen LogP) is 2.60. The number of fused-ring (bicyclic) bond motifs is 1. The maximum Gasteiger partial charge on any atom is 0.321 e. The van der Waals surface area contributed by atoms with Gasteiger partial charge in [0.15, 0.2) is 5.65 Å². The second kappa shape index (κ2) is 7.12. The monoisotopic (exact) mass is 335 g/mol. The summed E-state index contributed by atoms with van der Waals surface area (Å²) >= 11 is 0. The Bertz CT molecular complexity index is 718. The first-order valence-electron chi connectivity index (χ1n) is 8.15. The van der Waals surface area contributed by atoms with E-state index < -0.39 is 12.8 Å². The number of amides is 2. The van der Waals surface area contributed by atoms with E-state index in [2.05, 4.69) is 15.4 Å². The van der Waals surface area contributed by atoms with E-state index in [9.17, 15) is 9.18 Å². The van der Waals surface area contributed by atoms with Gasteiger partial charge in [0.1, 0.15) is 12.8 Å². The molecule has 1 fully saturated rings. The van der Waals surface area contributed by atoms with Crippen molar-refractivity contribution in [2.75, 3.05) is 31.7 Å². The molecule has 0 spiro atoms. The Labute approximate surface area is 139 Å². The summed E-state index contributed by atoms with van der Waals surface area (Å²) in [4.78, 5) is 18.4. The lowest BCUT2D eigenvalue weighted by atomic mass is 10.3. The van der Waals surface area contributed by atoms with Crippen molar-refractivity contribution in [3.8, 4) is 0 Å². The molecule has 3 heterocycles. The zero-order valence-electron chi connectivity index (χ0n) is 13.9. The van der Waals surface area contributed by atoms with Crippen LogP contribution in [0.25, 0.3) is 11.0 Å². The number of halogens is 1. The van der Waals surface area contributed by atoms with Crippen molar-refractivity contribution < 1.29 is 13.9 Å². The number of urea groups is 1. The van der Waals surface area contributed by atoms with Gasteiger partial charge >= 0.3 is 6.03 Å². The molecule has 2 amide bonds. The Morgan fingerprint density at radius 3 is 3.08 bits per heavy atom. The van der Waals surface area contributed by atoms with Crippen LogP contribution in [-0.2, 0) is 4.74 Å². The van der Waals surface area contributed by atoms with Crippen LogP contribution >= 0.6 is 0 Å². The number of rotatable bonds is 3. The number of nitrogens with zero attached hydrogens (tertiary/aromatic N) is 4. The molecule has 3 rings (SSSR count). The van der Waals surface area contributed by atoms with Crippen molar-refractivity contribution in [1.82, 2.24) is 19.7 Å². The van der Waals surface area contributed by atoms with Crippen LogP contribution in [0.15, 0.2) is 18.5 Å². The fraction of sp³-hybridized carbons (Fsp3) is 0.562. The van der Waals surface area contributed by atoms with E-state index in [1.165, 1.54) is 0 Å². The van der Waals surface area contributed by atoms with Crippen LogP contribution in [0.4, 0.5) is 14.9 Å². The van der Waals surface area contributed by atoms with E-state index >= 15 is 0 Å². The molecule has 8 heteroatoms. The molecule has 24 heavy (non-hydrogen) atoms. The molecule has 2 aromatic rings. The molecule has 0 bridgehead atoms. The van der Waals surface area contributed by atoms with E-state index in [0.29, 0.717) is 25.3 Å². The summed E-state index contributed by atoms with van der Waals surface area (Å²) in [5, 5.41) is 8.00. The number of aromatic nitrogens is 3. The molecule has 0 saturated carbocycles. The first-order valence-corrected chi connectivity index (χ1v) is 8.15. The van der Waals surface area contributed by atoms with E-state index in [0.717, 1.165) is 11.0 Å². The first-order chi connectivity index (χ1) is 11.6. The summed E-state index contributed by atoms with van der Waals surface area (Å²) in [6, 6.07) is 1.79. The molecule has 0 radical (unpaired) electrons. The molecule has 1 unspecified atom stereocenters. The molecule has 0 aromatic carbocycles. The number of pyridine rings is 1. The number of alkyl halides is 1. The van der Waals surface area contributed by atoms with E-state index in [4.69, 9.17) is 4.74 Å². The first kappa shape index (κ1) is 16.6. The van der Waals surface area contributed by atoms with Crippen LogP contribution in [-0.4, -0.2) is 58.2 Å². The highest BCUT2D eigenvalue weighted by Gasteiger charge is 2.22. The predicted molar refractivity (Wildman–Crippen MR) is 88.8 cm³/mol. The average Bonchev–Trinajstić information content (AvgIpc) is 2.83. The Kier molecular flexibility index (Phi) is 4.94. The van der Waals surface area contributed by atoms with Crippen LogP contribution < -0.4 is 5.32 Å². The molecular formula is C16H22FN5O2. The fourth-order valence-electron chi connectivity index (χ4n) is 2.76. The highest BCUT2D eigenvalue weighted by molar-refractivity contribution is 5.91. The Hall–Kier alpha value is -2.22. The number of hydrogen-bond acceptors (Lipinski definition) is 4. The van der Waals surface area contributed by atoms with E-state index in [1.807, 2.05) is 24.6 Å². The second-order valence-corrected chi connectivity index (χ2v) is 6.20. The highest BCUT2D eigenvalue weighted by atomic mass is 19.1.